The van der Waals surface area contributed by atoms with Crippen LogP contribution in [0.3, 0.4) is 0 Å². The fraction of sp³-hybridized carbons (Fsp3) is 0.929. The number of piperidine rings is 1. The van der Waals surface area contributed by atoms with Crippen molar-refractivity contribution in [3.8, 4) is 0 Å². The number of hydrogen-bond donors (Lipinski definition) is 2. The molecular formula is C14H26N2OS. The first-order chi connectivity index (χ1) is 8.79. The topological polar surface area (TPSA) is 41.1 Å². The van der Waals surface area contributed by atoms with Crippen molar-refractivity contribution in [2.75, 3.05) is 12.3 Å². The average Bonchev–Trinajstić information content (AvgIpc) is 2.40. The van der Waals surface area contributed by atoms with Gasteiger partial charge in [0.2, 0.25) is 5.91 Å². The van der Waals surface area contributed by atoms with Crippen molar-refractivity contribution in [3.05, 3.63) is 0 Å². The maximum absolute atomic E-state index is 12.2. The number of rotatable bonds is 4. The SMILES string of the molecule is CCSC1CCCC(NC(=O)C2CCCCN2)C1. The van der Waals surface area contributed by atoms with E-state index in [0.717, 1.165) is 24.6 Å². The van der Waals surface area contributed by atoms with Crippen LogP contribution in [0.4, 0.5) is 0 Å². The Morgan fingerprint density at radius 1 is 1.28 bits per heavy atom. The van der Waals surface area contributed by atoms with Gasteiger partial charge in [0.25, 0.3) is 0 Å². The molecule has 1 aliphatic heterocycles. The smallest absolute Gasteiger partial charge is 0.237 e. The van der Waals surface area contributed by atoms with Crippen LogP contribution >= 0.6 is 11.8 Å². The first kappa shape index (κ1) is 14.2. The largest absolute Gasteiger partial charge is 0.352 e. The van der Waals surface area contributed by atoms with Gasteiger partial charge in [-0.2, -0.15) is 11.8 Å². The molecule has 0 spiro atoms. The van der Waals surface area contributed by atoms with Crippen LogP contribution in [0.5, 0.6) is 0 Å². The molecule has 104 valence electrons. The second-order valence-electron chi connectivity index (χ2n) is 5.45. The van der Waals surface area contributed by atoms with Crippen LogP contribution in [0.1, 0.15) is 51.9 Å². The fourth-order valence-corrected chi connectivity index (χ4v) is 4.21. The third-order valence-corrected chi connectivity index (χ3v) is 5.23. The summed E-state index contributed by atoms with van der Waals surface area (Å²) in [5, 5.41) is 7.35. The van der Waals surface area contributed by atoms with E-state index in [1.807, 2.05) is 0 Å². The van der Waals surface area contributed by atoms with Crippen LogP contribution in [-0.2, 0) is 4.79 Å². The Morgan fingerprint density at radius 2 is 2.17 bits per heavy atom. The second-order valence-corrected chi connectivity index (χ2v) is 7.03. The Balaban J connectivity index is 1.75. The molecule has 0 aromatic rings. The van der Waals surface area contributed by atoms with E-state index in [-0.39, 0.29) is 11.9 Å². The highest BCUT2D eigenvalue weighted by molar-refractivity contribution is 7.99. The molecule has 2 aliphatic rings. The van der Waals surface area contributed by atoms with Gasteiger partial charge >= 0.3 is 0 Å². The summed E-state index contributed by atoms with van der Waals surface area (Å²) in [5.74, 6) is 1.43. The molecule has 2 N–H and O–H groups in total. The molecule has 0 aromatic heterocycles. The van der Waals surface area contributed by atoms with Crippen LogP contribution in [0.25, 0.3) is 0 Å². The average molecular weight is 270 g/mol. The van der Waals surface area contributed by atoms with Gasteiger partial charge in [-0.15, -0.1) is 0 Å². The lowest BCUT2D eigenvalue weighted by Crippen LogP contribution is -2.50. The number of nitrogens with one attached hydrogen (secondary N) is 2. The molecule has 0 aromatic carbocycles. The van der Waals surface area contributed by atoms with Crippen LogP contribution < -0.4 is 10.6 Å². The van der Waals surface area contributed by atoms with Crippen molar-refractivity contribution in [3.63, 3.8) is 0 Å². The number of hydrogen-bond acceptors (Lipinski definition) is 3. The third-order valence-electron chi connectivity index (χ3n) is 4.00. The summed E-state index contributed by atoms with van der Waals surface area (Å²) in [7, 11) is 0. The standard InChI is InChI=1S/C14H26N2OS/c1-2-18-12-7-5-6-11(10-12)16-14(17)13-8-3-4-9-15-13/h11-13,15H,2-10H2,1H3,(H,16,17). The van der Waals surface area contributed by atoms with Crippen molar-refractivity contribution < 1.29 is 4.79 Å². The molecule has 3 unspecified atom stereocenters. The molecule has 0 bridgehead atoms. The highest BCUT2D eigenvalue weighted by atomic mass is 32.2. The summed E-state index contributed by atoms with van der Waals surface area (Å²) >= 11 is 2.05. The van der Waals surface area contributed by atoms with Gasteiger partial charge in [-0.3, -0.25) is 4.79 Å². The van der Waals surface area contributed by atoms with E-state index in [4.69, 9.17) is 0 Å². The van der Waals surface area contributed by atoms with Crippen molar-refractivity contribution in [2.24, 2.45) is 0 Å². The van der Waals surface area contributed by atoms with E-state index in [0.29, 0.717) is 6.04 Å². The third kappa shape index (κ3) is 4.16. The fourth-order valence-electron chi connectivity index (χ4n) is 3.04. The summed E-state index contributed by atoms with van der Waals surface area (Å²) < 4.78 is 0. The molecule has 1 aliphatic carbocycles. The molecule has 18 heavy (non-hydrogen) atoms. The molecule has 1 heterocycles. The zero-order valence-corrected chi connectivity index (χ0v) is 12.2. The molecule has 0 radical (unpaired) electrons. The predicted octanol–water partition coefficient (Wildman–Crippen LogP) is 2.31. The minimum absolute atomic E-state index is 0.0676. The minimum atomic E-state index is 0.0676. The van der Waals surface area contributed by atoms with Gasteiger partial charge in [0.1, 0.15) is 0 Å². The van der Waals surface area contributed by atoms with Gasteiger partial charge in [0, 0.05) is 11.3 Å². The van der Waals surface area contributed by atoms with E-state index < -0.39 is 0 Å². The Labute approximate surface area is 115 Å². The quantitative estimate of drug-likeness (QED) is 0.823. The first-order valence-corrected chi connectivity index (χ1v) is 8.50. The normalized spacial score (nSPS) is 33.1. The Hall–Kier alpha value is -0.220. The predicted molar refractivity (Wildman–Crippen MR) is 78.0 cm³/mol. The lowest BCUT2D eigenvalue weighted by atomic mass is 9.94. The van der Waals surface area contributed by atoms with Crippen molar-refractivity contribution >= 4 is 17.7 Å². The van der Waals surface area contributed by atoms with Crippen molar-refractivity contribution in [1.82, 2.24) is 10.6 Å². The highest BCUT2D eigenvalue weighted by Crippen LogP contribution is 2.28. The molecule has 4 heteroatoms. The molecular weight excluding hydrogens is 244 g/mol. The van der Waals surface area contributed by atoms with Gasteiger partial charge in [0.05, 0.1) is 6.04 Å². The summed E-state index contributed by atoms with van der Waals surface area (Å²) in [6.07, 6.45) is 8.32. The van der Waals surface area contributed by atoms with Crippen LogP contribution in [0, 0.1) is 0 Å². The van der Waals surface area contributed by atoms with E-state index >= 15 is 0 Å². The molecule has 1 saturated heterocycles. The zero-order valence-electron chi connectivity index (χ0n) is 11.4. The number of carbonyl (C=O) groups is 1. The summed E-state index contributed by atoms with van der Waals surface area (Å²) in [5.41, 5.74) is 0. The minimum Gasteiger partial charge on any atom is -0.352 e. The maximum atomic E-state index is 12.2. The van der Waals surface area contributed by atoms with Crippen LogP contribution in [0.2, 0.25) is 0 Å². The summed E-state index contributed by atoms with van der Waals surface area (Å²) in [4.78, 5) is 12.2. The van der Waals surface area contributed by atoms with Crippen LogP contribution in [0.15, 0.2) is 0 Å². The number of thioether (sulfide) groups is 1. The number of amides is 1. The maximum Gasteiger partial charge on any atom is 0.237 e. The van der Waals surface area contributed by atoms with E-state index in [9.17, 15) is 4.79 Å². The van der Waals surface area contributed by atoms with E-state index in [1.54, 1.807) is 0 Å². The van der Waals surface area contributed by atoms with Crippen molar-refractivity contribution in [1.29, 1.82) is 0 Å². The lowest BCUT2D eigenvalue weighted by molar-refractivity contribution is -0.124. The highest BCUT2D eigenvalue weighted by Gasteiger charge is 2.26. The van der Waals surface area contributed by atoms with Gasteiger partial charge in [-0.25, -0.2) is 0 Å². The Morgan fingerprint density at radius 3 is 2.89 bits per heavy atom. The summed E-state index contributed by atoms with van der Waals surface area (Å²) in [6, 6.07) is 0.483. The molecule has 2 rings (SSSR count). The monoisotopic (exact) mass is 270 g/mol. The first-order valence-electron chi connectivity index (χ1n) is 7.45. The Bertz CT molecular complexity index is 265. The molecule has 1 amide bonds. The molecule has 2 fully saturated rings. The van der Waals surface area contributed by atoms with Gasteiger partial charge in [-0.05, 0) is 44.4 Å². The van der Waals surface area contributed by atoms with Crippen LogP contribution in [-0.4, -0.2) is 35.5 Å². The molecule has 1 saturated carbocycles. The molecule has 3 atom stereocenters. The van der Waals surface area contributed by atoms with E-state index in [1.165, 1.54) is 37.9 Å². The number of carbonyl (C=O) groups excluding carboxylic acids is 1. The lowest BCUT2D eigenvalue weighted by Gasteiger charge is -2.31. The van der Waals surface area contributed by atoms with Gasteiger partial charge in [-0.1, -0.05) is 19.8 Å². The Kier molecular flexibility index (Phi) is 5.83. The van der Waals surface area contributed by atoms with E-state index in [2.05, 4.69) is 29.3 Å². The second kappa shape index (κ2) is 7.39. The van der Waals surface area contributed by atoms with Gasteiger partial charge in [0.15, 0.2) is 0 Å². The molecule has 3 nitrogen and oxygen atoms in total. The van der Waals surface area contributed by atoms with Crippen molar-refractivity contribution in [2.45, 2.75) is 69.2 Å². The van der Waals surface area contributed by atoms with Gasteiger partial charge < -0.3 is 10.6 Å². The zero-order chi connectivity index (χ0) is 12.8. The summed E-state index contributed by atoms with van der Waals surface area (Å²) in [6.45, 7) is 3.22.